The Morgan fingerprint density at radius 2 is 1.94 bits per heavy atom. The maximum atomic E-state index is 11.6. The third kappa shape index (κ3) is 4.25. The highest BCUT2D eigenvalue weighted by molar-refractivity contribution is 7.93. The lowest BCUT2D eigenvalue weighted by Gasteiger charge is -2.11. The SMILES string of the molecule is CC(C)S(=O)(=O)Nc1ccc(OCC(=N)N)cc1. The lowest BCUT2D eigenvalue weighted by Crippen LogP contribution is -2.22. The minimum absolute atomic E-state index is 0.0110. The van der Waals surface area contributed by atoms with E-state index in [0.717, 1.165) is 0 Å². The van der Waals surface area contributed by atoms with Crippen LogP contribution in [0.2, 0.25) is 0 Å². The molecule has 0 fully saturated rings. The third-order valence-corrected chi connectivity index (χ3v) is 3.89. The zero-order chi connectivity index (χ0) is 13.8. The van der Waals surface area contributed by atoms with Crippen LogP contribution in [-0.2, 0) is 10.0 Å². The Bertz CT molecular complexity index is 509. The number of amidine groups is 1. The van der Waals surface area contributed by atoms with Crippen LogP contribution in [0.5, 0.6) is 5.75 Å². The first kappa shape index (κ1) is 14.3. The molecule has 1 aromatic carbocycles. The molecule has 0 atom stereocenters. The van der Waals surface area contributed by atoms with Gasteiger partial charge in [-0.15, -0.1) is 0 Å². The van der Waals surface area contributed by atoms with Crippen molar-refractivity contribution in [3.63, 3.8) is 0 Å². The van der Waals surface area contributed by atoms with E-state index in [1.54, 1.807) is 38.1 Å². The maximum absolute atomic E-state index is 11.6. The van der Waals surface area contributed by atoms with E-state index in [1.807, 2.05) is 0 Å². The summed E-state index contributed by atoms with van der Waals surface area (Å²) in [5, 5.41) is 6.52. The van der Waals surface area contributed by atoms with Gasteiger partial charge in [0, 0.05) is 5.69 Å². The number of anilines is 1. The molecule has 0 aliphatic heterocycles. The number of nitrogens with two attached hydrogens (primary N) is 1. The van der Waals surface area contributed by atoms with E-state index < -0.39 is 15.3 Å². The molecule has 1 aromatic rings. The Labute approximate surface area is 107 Å². The Morgan fingerprint density at radius 1 is 1.39 bits per heavy atom. The summed E-state index contributed by atoms with van der Waals surface area (Å²) >= 11 is 0. The van der Waals surface area contributed by atoms with Gasteiger partial charge in [-0.2, -0.15) is 0 Å². The monoisotopic (exact) mass is 271 g/mol. The van der Waals surface area contributed by atoms with Crippen LogP contribution in [0.4, 0.5) is 5.69 Å². The Morgan fingerprint density at radius 3 is 2.39 bits per heavy atom. The molecule has 0 bridgehead atoms. The summed E-state index contributed by atoms with van der Waals surface area (Å²) < 4.78 is 30.9. The average Bonchev–Trinajstić information content (AvgIpc) is 2.27. The second kappa shape index (κ2) is 5.72. The summed E-state index contributed by atoms with van der Waals surface area (Å²) in [7, 11) is -3.33. The minimum Gasteiger partial charge on any atom is -0.486 e. The van der Waals surface area contributed by atoms with E-state index in [-0.39, 0.29) is 12.4 Å². The molecule has 6 nitrogen and oxygen atoms in total. The van der Waals surface area contributed by atoms with Crippen molar-refractivity contribution in [3.05, 3.63) is 24.3 Å². The molecule has 0 saturated heterocycles. The van der Waals surface area contributed by atoms with Crippen LogP contribution < -0.4 is 15.2 Å². The van der Waals surface area contributed by atoms with Crippen LogP contribution in [0.1, 0.15) is 13.8 Å². The minimum atomic E-state index is -3.33. The quantitative estimate of drug-likeness (QED) is 0.533. The Hall–Kier alpha value is -1.76. The summed E-state index contributed by atoms with van der Waals surface area (Å²) in [5.41, 5.74) is 5.62. The first-order chi connectivity index (χ1) is 8.31. The van der Waals surface area contributed by atoms with E-state index in [1.165, 1.54) is 0 Å². The van der Waals surface area contributed by atoms with Gasteiger partial charge in [-0.25, -0.2) is 8.42 Å². The zero-order valence-corrected chi connectivity index (χ0v) is 11.1. The molecule has 0 saturated carbocycles. The second-order valence-corrected chi connectivity index (χ2v) is 6.27. The van der Waals surface area contributed by atoms with Crippen molar-refractivity contribution in [1.29, 1.82) is 5.41 Å². The lowest BCUT2D eigenvalue weighted by atomic mass is 10.3. The molecule has 1 rings (SSSR count). The van der Waals surface area contributed by atoms with Gasteiger partial charge >= 0.3 is 0 Å². The van der Waals surface area contributed by atoms with Crippen molar-refractivity contribution >= 4 is 21.5 Å². The molecule has 0 aromatic heterocycles. The van der Waals surface area contributed by atoms with E-state index in [4.69, 9.17) is 15.9 Å². The van der Waals surface area contributed by atoms with Crippen molar-refractivity contribution in [2.24, 2.45) is 5.73 Å². The summed E-state index contributed by atoms with van der Waals surface area (Å²) in [6.07, 6.45) is 0. The average molecular weight is 271 g/mol. The van der Waals surface area contributed by atoms with Crippen molar-refractivity contribution in [1.82, 2.24) is 0 Å². The fourth-order valence-electron chi connectivity index (χ4n) is 1.06. The van der Waals surface area contributed by atoms with Gasteiger partial charge in [0.1, 0.15) is 18.2 Å². The Kier molecular flexibility index (Phi) is 4.55. The van der Waals surface area contributed by atoms with Crippen LogP contribution in [0.3, 0.4) is 0 Å². The van der Waals surface area contributed by atoms with Gasteiger partial charge in [0.2, 0.25) is 10.0 Å². The molecule has 0 unspecified atom stereocenters. The van der Waals surface area contributed by atoms with Gasteiger partial charge in [0.05, 0.1) is 5.25 Å². The molecule has 7 heteroatoms. The van der Waals surface area contributed by atoms with Gasteiger partial charge in [0.15, 0.2) is 0 Å². The molecular weight excluding hydrogens is 254 g/mol. The van der Waals surface area contributed by atoms with Crippen LogP contribution in [0, 0.1) is 5.41 Å². The number of nitrogens with one attached hydrogen (secondary N) is 2. The van der Waals surface area contributed by atoms with Crippen molar-refractivity contribution in [3.8, 4) is 5.75 Å². The molecule has 0 spiro atoms. The third-order valence-electron chi connectivity index (χ3n) is 2.13. The predicted molar refractivity (Wildman–Crippen MR) is 71.5 cm³/mol. The van der Waals surface area contributed by atoms with Crippen molar-refractivity contribution in [2.75, 3.05) is 11.3 Å². The van der Waals surface area contributed by atoms with Crippen molar-refractivity contribution in [2.45, 2.75) is 19.1 Å². The van der Waals surface area contributed by atoms with Crippen LogP contribution >= 0.6 is 0 Å². The number of hydrogen-bond donors (Lipinski definition) is 3. The molecule has 18 heavy (non-hydrogen) atoms. The molecular formula is C11H17N3O3S. The molecule has 4 N–H and O–H groups in total. The number of ether oxygens (including phenoxy) is 1. The van der Waals surface area contributed by atoms with Gasteiger partial charge in [-0.05, 0) is 38.1 Å². The van der Waals surface area contributed by atoms with Gasteiger partial charge in [0.25, 0.3) is 0 Å². The van der Waals surface area contributed by atoms with E-state index in [0.29, 0.717) is 11.4 Å². The topological polar surface area (TPSA) is 105 Å². The number of sulfonamides is 1. The summed E-state index contributed by atoms with van der Waals surface area (Å²) in [4.78, 5) is 0. The van der Waals surface area contributed by atoms with Gasteiger partial charge in [-0.3, -0.25) is 10.1 Å². The number of benzene rings is 1. The zero-order valence-electron chi connectivity index (χ0n) is 10.3. The molecule has 100 valence electrons. The molecule has 0 aliphatic carbocycles. The fourth-order valence-corrected chi connectivity index (χ4v) is 1.76. The maximum Gasteiger partial charge on any atom is 0.235 e. The smallest absolute Gasteiger partial charge is 0.235 e. The van der Waals surface area contributed by atoms with Crippen LogP contribution in [-0.4, -0.2) is 26.1 Å². The Balaban J connectivity index is 2.69. The van der Waals surface area contributed by atoms with Gasteiger partial charge < -0.3 is 10.5 Å². The lowest BCUT2D eigenvalue weighted by molar-refractivity contribution is 0.374. The predicted octanol–water partition coefficient (Wildman–Crippen LogP) is 1.15. The highest BCUT2D eigenvalue weighted by atomic mass is 32.2. The number of hydrogen-bond acceptors (Lipinski definition) is 4. The van der Waals surface area contributed by atoms with Crippen LogP contribution in [0.25, 0.3) is 0 Å². The van der Waals surface area contributed by atoms with E-state index in [2.05, 4.69) is 4.72 Å². The van der Waals surface area contributed by atoms with Gasteiger partial charge in [-0.1, -0.05) is 0 Å². The standard InChI is InChI=1S/C11H17N3O3S/c1-8(2)18(15,16)14-9-3-5-10(6-4-9)17-7-11(12)13/h3-6,8,14H,7H2,1-2H3,(H3,12,13). The highest BCUT2D eigenvalue weighted by Gasteiger charge is 2.15. The summed E-state index contributed by atoms with van der Waals surface area (Å²) in [6.45, 7) is 3.22. The summed E-state index contributed by atoms with van der Waals surface area (Å²) in [5.74, 6) is 0.456. The molecule has 0 radical (unpaired) electrons. The van der Waals surface area contributed by atoms with E-state index in [9.17, 15) is 8.42 Å². The summed E-state index contributed by atoms with van der Waals surface area (Å²) in [6, 6.07) is 6.41. The molecule has 0 aliphatic rings. The van der Waals surface area contributed by atoms with E-state index >= 15 is 0 Å². The normalized spacial score (nSPS) is 11.3. The van der Waals surface area contributed by atoms with Crippen LogP contribution in [0.15, 0.2) is 24.3 Å². The molecule has 0 amide bonds. The second-order valence-electron chi connectivity index (χ2n) is 4.03. The van der Waals surface area contributed by atoms with Crippen molar-refractivity contribution < 1.29 is 13.2 Å². The first-order valence-electron chi connectivity index (χ1n) is 5.38. The fraction of sp³-hybridized carbons (Fsp3) is 0.364. The molecule has 0 heterocycles. The number of rotatable bonds is 6. The largest absolute Gasteiger partial charge is 0.486 e. The first-order valence-corrected chi connectivity index (χ1v) is 6.93. The highest BCUT2D eigenvalue weighted by Crippen LogP contribution is 2.17.